The minimum absolute atomic E-state index is 0.0404. The van der Waals surface area contributed by atoms with Crippen molar-refractivity contribution in [3.63, 3.8) is 0 Å². The maximum atomic E-state index is 11.9. The van der Waals surface area contributed by atoms with Crippen molar-refractivity contribution in [3.8, 4) is 5.75 Å². The predicted octanol–water partition coefficient (Wildman–Crippen LogP) is 3.84. The van der Waals surface area contributed by atoms with Gasteiger partial charge in [-0.25, -0.2) is 5.43 Å². The van der Waals surface area contributed by atoms with Crippen molar-refractivity contribution in [2.24, 2.45) is 5.10 Å². The summed E-state index contributed by atoms with van der Waals surface area (Å²) in [5.74, 6) is -0.0107. The van der Waals surface area contributed by atoms with Gasteiger partial charge in [0.1, 0.15) is 5.75 Å². The Morgan fingerprint density at radius 2 is 2.12 bits per heavy atom. The Hall–Kier alpha value is -2.57. The van der Waals surface area contributed by atoms with Crippen molar-refractivity contribution in [2.45, 2.75) is 4.90 Å². The number of hydrogen-bond donors (Lipinski definition) is 2. The lowest BCUT2D eigenvalue weighted by Crippen LogP contribution is -2.19. The number of pyridine rings is 1. The summed E-state index contributed by atoms with van der Waals surface area (Å²) >= 11 is 7.25. The van der Waals surface area contributed by atoms with E-state index in [0.29, 0.717) is 10.6 Å². The average molecular weight is 372 g/mol. The van der Waals surface area contributed by atoms with Crippen molar-refractivity contribution in [1.82, 2.24) is 10.4 Å². The van der Waals surface area contributed by atoms with Crippen LogP contribution in [0.1, 0.15) is 5.56 Å². The molecule has 0 saturated carbocycles. The minimum Gasteiger partial charge on any atom is -0.507 e. The molecule has 7 heteroatoms. The number of carbonyl (C=O) groups excluding carboxylic acids is 1. The Morgan fingerprint density at radius 3 is 3.00 bits per heavy atom. The Labute approximate surface area is 153 Å². The highest BCUT2D eigenvalue weighted by Crippen LogP contribution is 2.25. The molecule has 0 atom stereocenters. The van der Waals surface area contributed by atoms with Gasteiger partial charge in [-0.2, -0.15) is 5.10 Å². The van der Waals surface area contributed by atoms with Crippen LogP contribution in [-0.4, -0.2) is 28.0 Å². The van der Waals surface area contributed by atoms with Gasteiger partial charge >= 0.3 is 0 Å². The van der Waals surface area contributed by atoms with Gasteiger partial charge in [-0.05, 0) is 30.3 Å². The van der Waals surface area contributed by atoms with Crippen molar-refractivity contribution in [2.75, 3.05) is 5.75 Å². The van der Waals surface area contributed by atoms with Gasteiger partial charge in [-0.3, -0.25) is 9.78 Å². The number of aromatic nitrogens is 1. The molecule has 1 heterocycles. The highest BCUT2D eigenvalue weighted by Gasteiger charge is 2.06. The van der Waals surface area contributed by atoms with E-state index in [1.165, 1.54) is 24.0 Å². The summed E-state index contributed by atoms with van der Waals surface area (Å²) in [6.07, 6.45) is 3.08. The number of hydrogen-bond acceptors (Lipinski definition) is 5. The first kappa shape index (κ1) is 17.3. The molecule has 0 bridgehead atoms. The number of thioether (sulfide) groups is 1. The number of amides is 1. The van der Waals surface area contributed by atoms with Gasteiger partial charge in [0.05, 0.1) is 17.5 Å². The molecule has 1 aromatic heterocycles. The van der Waals surface area contributed by atoms with E-state index in [1.54, 1.807) is 18.3 Å². The summed E-state index contributed by atoms with van der Waals surface area (Å²) in [6, 6.07) is 14.3. The lowest BCUT2D eigenvalue weighted by atomic mass is 10.2. The van der Waals surface area contributed by atoms with Gasteiger partial charge in [0.2, 0.25) is 5.91 Å². The van der Waals surface area contributed by atoms with Gasteiger partial charge in [-0.1, -0.05) is 29.8 Å². The molecule has 2 N–H and O–H groups in total. The number of benzene rings is 2. The standard InChI is InChI=1S/C18H14ClN3O2S/c19-14-6-7-15(23)13(9-14)10-21-22-17(24)11-25-16-5-1-3-12-4-2-8-20-18(12)16/h1-10,23H,11H2,(H,22,24)/b21-10+. The Bertz CT molecular complexity index is 941. The summed E-state index contributed by atoms with van der Waals surface area (Å²) in [7, 11) is 0. The molecule has 3 rings (SSSR count). The van der Waals surface area contributed by atoms with E-state index in [-0.39, 0.29) is 17.4 Å². The molecular formula is C18H14ClN3O2S. The molecule has 0 fully saturated rings. The van der Waals surface area contributed by atoms with Gasteiger partial charge in [0, 0.05) is 27.1 Å². The predicted molar refractivity (Wildman–Crippen MR) is 101 cm³/mol. The number of halogens is 1. The molecule has 0 spiro atoms. The summed E-state index contributed by atoms with van der Waals surface area (Å²) in [5.41, 5.74) is 3.73. The van der Waals surface area contributed by atoms with Gasteiger partial charge < -0.3 is 5.11 Å². The third-order valence-corrected chi connectivity index (χ3v) is 4.62. The summed E-state index contributed by atoms with van der Waals surface area (Å²) in [4.78, 5) is 17.2. The second-order valence-corrected chi connectivity index (χ2v) is 6.57. The van der Waals surface area contributed by atoms with E-state index in [9.17, 15) is 9.90 Å². The van der Waals surface area contributed by atoms with Crippen LogP contribution in [0.2, 0.25) is 5.02 Å². The highest BCUT2D eigenvalue weighted by atomic mass is 35.5. The average Bonchev–Trinajstić information content (AvgIpc) is 2.63. The van der Waals surface area contributed by atoms with Gasteiger partial charge in [0.25, 0.3) is 0 Å². The van der Waals surface area contributed by atoms with Crippen molar-refractivity contribution in [3.05, 3.63) is 65.3 Å². The number of carbonyl (C=O) groups is 1. The minimum atomic E-state index is -0.254. The van der Waals surface area contributed by atoms with Crippen LogP contribution in [0.3, 0.4) is 0 Å². The molecule has 0 aliphatic carbocycles. The van der Waals surface area contributed by atoms with Crippen molar-refractivity contribution < 1.29 is 9.90 Å². The second-order valence-electron chi connectivity index (χ2n) is 5.12. The smallest absolute Gasteiger partial charge is 0.250 e. The topological polar surface area (TPSA) is 74.6 Å². The third-order valence-electron chi connectivity index (χ3n) is 3.34. The van der Waals surface area contributed by atoms with E-state index in [0.717, 1.165) is 15.8 Å². The molecule has 5 nitrogen and oxygen atoms in total. The maximum absolute atomic E-state index is 11.9. The molecule has 1 amide bonds. The van der Waals surface area contributed by atoms with Gasteiger partial charge in [0.15, 0.2) is 0 Å². The maximum Gasteiger partial charge on any atom is 0.250 e. The molecule has 0 radical (unpaired) electrons. The Balaban J connectivity index is 1.59. The van der Waals surface area contributed by atoms with Crippen molar-refractivity contribution >= 4 is 46.4 Å². The zero-order valence-corrected chi connectivity index (χ0v) is 14.6. The molecule has 2 aromatic carbocycles. The number of nitrogens with zero attached hydrogens (tertiary/aromatic N) is 2. The van der Waals surface area contributed by atoms with E-state index in [4.69, 9.17) is 11.6 Å². The molecule has 0 aliphatic heterocycles. The number of para-hydroxylation sites is 1. The monoisotopic (exact) mass is 371 g/mol. The number of phenols is 1. The number of fused-ring (bicyclic) bond motifs is 1. The third kappa shape index (κ3) is 4.49. The van der Waals surface area contributed by atoms with Crippen LogP contribution < -0.4 is 5.43 Å². The highest BCUT2D eigenvalue weighted by molar-refractivity contribution is 8.00. The molecule has 25 heavy (non-hydrogen) atoms. The van der Waals surface area contributed by atoms with E-state index in [2.05, 4.69) is 15.5 Å². The largest absolute Gasteiger partial charge is 0.507 e. The van der Waals surface area contributed by atoms with Crippen LogP contribution in [0, 0.1) is 0 Å². The zero-order valence-electron chi connectivity index (χ0n) is 13.0. The lowest BCUT2D eigenvalue weighted by molar-refractivity contribution is -0.118. The van der Waals surface area contributed by atoms with E-state index in [1.807, 2.05) is 30.3 Å². The number of aromatic hydroxyl groups is 1. The van der Waals surface area contributed by atoms with Crippen molar-refractivity contribution in [1.29, 1.82) is 0 Å². The van der Waals surface area contributed by atoms with Crippen LogP contribution >= 0.6 is 23.4 Å². The van der Waals surface area contributed by atoms with Gasteiger partial charge in [-0.15, -0.1) is 11.8 Å². The summed E-state index contributed by atoms with van der Waals surface area (Å²) < 4.78 is 0. The zero-order chi connectivity index (χ0) is 17.6. The lowest BCUT2D eigenvalue weighted by Gasteiger charge is -2.04. The Morgan fingerprint density at radius 1 is 1.28 bits per heavy atom. The second kappa shape index (κ2) is 8.00. The first-order valence-corrected chi connectivity index (χ1v) is 8.77. The number of nitrogens with one attached hydrogen (secondary N) is 1. The van der Waals surface area contributed by atoms with Crippen LogP contribution in [0.5, 0.6) is 5.75 Å². The molecule has 3 aromatic rings. The van der Waals surface area contributed by atoms with Crippen LogP contribution in [-0.2, 0) is 4.79 Å². The fourth-order valence-corrected chi connectivity index (χ4v) is 3.18. The molecule has 126 valence electrons. The number of hydrazone groups is 1. The molecule has 0 aliphatic rings. The number of phenolic OH excluding ortho intramolecular Hbond substituents is 1. The molecule has 0 unspecified atom stereocenters. The van der Waals surface area contributed by atoms with E-state index < -0.39 is 0 Å². The van der Waals surface area contributed by atoms with Crippen LogP contribution in [0.4, 0.5) is 0 Å². The van der Waals surface area contributed by atoms with E-state index >= 15 is 0 Å². The quantitative estimate of drug-likeness (QED) is 0.406. The fourth-order valence-electron chi connectivity index (χ4n) is 2.17. The van der Waals surface area contributed by atoms with Crippen LogP contribution in [0.25, 0.3) is 10.9 Å². The Kier molecular flexibility index (Phi) is 5.53. The van der Waals surface area contributed by atoms with Crippen LogP contribution in [0.15, 0.2) is 64.7 Å². The first-order chi connectivity index (χ1) is 12.1. The molecule has 0 saturated heterocycles. The number of rotatable bonds is 5. The summed E-state index contributed by atoms with van der Waals surface area (Å²) in [5, 5.41) is 15.0. The molecular weight excluding hydrogens is 358 g/mol. The first-order valence-electron chi connectivity index (χ1n) is 7.40. The fraction of sp³-hybridized carbons (Fsp3) is 0.0556. The summed E-state index contributed by atoms with van der Waals surface area (Å²) in [6.45, 7) is 0. The SMILES string of the molecule is O=C(CSc1cccc2cccnc12)N/N=C/c1cc(Cl)ccc1O. The normalized spacial score (nSPS) is 11.1.